The van der Waals surface area contributed by atoms with E-state index in [1.807, 2.05) is 44.2 Å². The van der Waals surface area contributed by atoms with E-state index in [4.69, 9.17) is 14.0 Å². The lowest BCUT2D eigenvalue weighted by molar-refractivity contribution is 0.0952. The number of fused-ring (bicyclic) bond motifs is 1. The normalized spacial score (nSPS) is 11.2. The van der Waals surface area contributed by atoms with Gasteiger partial charge in [-0.05, 0) is 36.6 Å². The smallest absolute Gasteiger partial charge is 0.259 e. The van der Waals surface area contributed by atoms with Crippen molar-refractivity contribution >= 4 is 17.0 Å². The maximum absolute atomic E-state index is 12.9. The number of benzene rings is 1. The summed E-state index contributed by atoms with van der Waals surface area (Å²) >= 11 is 0. The van der Waals surface area contributed by atoms with E-state index in [0.717, 1.165) is 17.0 Å². The van der Waals surface area contributed by atoms with Crippen LogP contribution in [0.3, 0.4) is 0 Å². The number of aryl methyl sites for hydroxylation is 1. The fraction of sp³-hybridized carbons (Fsp3) is 0.381. The third-order valence-electron chi connectivity index (χ3n) is 4.38. The lowest BCUT2D eigenvalue weighted by Crippen LogP contribution is -2.23. The molecule has 2 aromatic heterocycles. The maximum Gasteiger partial charge on any atom is 0.259 e. The lowest BCUT2D eigenvalue weighted by Gasteiger charge is -2.11. The molecule has 148 valence electrons. The van der Waals surface area contributed by atoms with Gasteiger partial charge in [0.1, 0.15) is 12.4 Å². The first-order valence-corrected chi connectivity index (χ1v) is 9.25. The van der Waals surface area contributed by atoms with Gasteiger partial charge in [0.15, 0.2) is 0 Å². The minimum atomic E-state index is -0.189. The van der Waals surface area contributed by atoms with Crippen LogP contribution in [0, 0.1) is 6.92 Å². The molecule has 0 spiro atoms. The second-order valence-corrected chi connectivity index (χ2v) is 6.87. The number of nitrogens with zero attached hydrogens (tertiary/aromatic N) is 2. The Balaban J connectivity index is 1.77. The predicted molar refractivity (Wildman–Crippen MR) is 106 cm³/mol. The van der Waals surface area contributed by atoms with Crippen LogP contribution in [-0.2, 0) is 11.3 Å². The zero-order valence-electron chi connectivity index (χ0n) is 16.6. The van der Waals surface area contributed by atoms with Crippen molar-refractivity contribution in [1.82, 2.24) is 15.5 Å². The van der Waals surface area contributed by atoms with E-state index in [0.29, 0.717) is 42.1 Å². The van der Waals surface area contributed by atoms with E-state index < -0.39 is 0 Å². The molecule has 7 heteroatoms. The molecule has 1 aromatic carbocycles. The topological polar surface area (TPSA) is 86.5 Å². The van der Waals surface area contributed by atoms with Crippen molar-refractivity contribution < 1.29 is 18.8 Å². The largest absolute Gasteiger partial charge is 0.491 e. The average Bonchev–Trinajstić information content (AvgIpc) is 3.07. The minimum Gasteiger partial charge on any atom is -0.491 e. The van der Waals surface area contributed by atoms with Crippen LogP contribution >= 0.6 is 0 Å². The summed E-state index contributed by atoms with van der Waals surface area (Å²) in [5.41, 5.74) is 3.31. The molecule has 0 saturated heterocycles. The van der Waals surface area contributed by atoms with Gasteiger partial charge in [-0.1, -0.05) is 31.1 Å². The predicted octanol–water partition coefficient (Wildman–Crippen LogP) is 3.61. The Morgan fingerprint density at radius 3 is 2.82 bits per heavy atom. The summed E-state index contributed by atoms with van der Waals surface area (Å²) in [7, 11) is 1.63. The molecule has 7 nitrogen and oxygen atoms in total. The highest BCUT2D eigenvalue weighted by Crippen LogP contribution is 2.25. The van der Waals surface area contributed by atoms with Crippen LogP contribution in [0.1, 0.15) is 47.1 Å². The Bertz CT molecular complexity index is 965. The summed E-state index contributed by atoms with van der Waals surface area (Å²) in [6.07, 6.45) is 0. The molecule has 0 atom stereocenters. The number of rotatable bonds is 8. The van der Waals surface area contributed by atoms with Crippen molar-refractivity contribution in [2.24, 2.45) is 0 Å². The molecule has 28 heavy (non-hydrogen) atoms. The van der Waals surface area contributed by atoms with Crippen molar-refractivity contribution in [3.8, 4) is 5.75 Å². The molecular formula is C21H25N3O4. The molecule has 0 unspecified atom stereocenters. The third-order valence-corrected chi connectivity index (χ3v) is 4.38. The standard InChI is InChI=1S/C21H25N3O4/c1-13(2)18-11-17(19-14(3)24-28-21(19)23-18)20(25)22-12-15-6-5-7-16(10-15)27-9-8-26-4/h5-7,10-11,13H,8-9,12H2,1-4H3,(H,22,25). The molecule has 3 rings (SSSR count). The maximum atomic E-state index is 12.9. The average molecular weight is 383 g/mol. The first-order valence-electron chi connectivity index (χ1n) is 9.25. The Morgan fingerprint density at radius 1 is 1.25 bits per heavy atom. The molecule has 0 saturated carbocycles. The number of ether oxygens (including phenoxy) is 2. The summed E-state index contributed by atoms with van der Waals surface area (Å²) in [5, 5.41) is 7.58. The number of nitrogens with one attached hydrogen (secondary N) is 1. The van der Waals surface area contributed by atoms with E-state index in [9.17, 15) is 4.79 Å². The molecule has 1 amide bonds. The summed E-state index contributed by atoms with van der Waals surface area (Å²) in [6, 6.07) is 9.44. The van der Waals surface area contributed by atoms with E-state index in [1.54, 1.807) is 14.0 Å². The second-order valence-electron chi connectivity index (χ2n) is 6.87. The van der Waals surface area contributed by atoms with Crippen molar-refractivity contribution in [1.29, 1.82) is 0 Å². The van der Waals surface area contributed by atoms with Crippen molar-refractivity contribution in [2.45, 2.75) is 33.2 Å². The van der Waals surface area contributed by atoms with Gasteiger partial charge in [0.2, 0.25) is 0 Å². The van der Waals surface area contributed by atoms with Crippen molar-refractivity contribution in [3.05, 3.63) is 52.8 Å². The molecule has 3 aromatic rings. The molecular weight excluding hydrogens is 358 g/mol. The van der Waals surface area contributed by atoms with Gasteiger partial charge in [-0.2, -0.15) is 0 Å². The van der Waals surface area contributed by atoms with Crippen LogP contribution in [-0.4, -0.2) is 36.4 Å². The van der Waals surface area contributed by atoms with Gasteiger partial charge in [0.05, 0.1) is 23.3 Å². The van der Waals surface area contributed by atoms with E-state index in [-0.39, 0.29) is 11.8 Å². The SMILES string of the molecule is COCCOc1cccc(CNC(=O)c2cc(C(C)C)nc3onc(C)c23)c1. The Morgan fingerprint density at radius 2 is 2.07 bits per heavy atom. The van der Waals surface area contributed by atoms with Crippen molar-refractivity contribution in [3.63, 3.8) is 0 Å². The monoisotopic (exact) mass is 383 g/mol. The van der Waals surface area contributed by atoms with Crippen LogP contribution in [0.15, 0.2) is 34.9 Å². The van der Waals surface area contributed by atoms with Crippen molar-refractivity contribution in [2.75, 3.05) is 20.3 Å². The summed E-state index contributed by atoms with van der Waals surface area (Å²) in [6.45, 7) is 7.23. The summed E-state index contributed by atoms with van der Waals surface area (Å²) < 4.78 is 15.9. The van der Waals surface area contributed by atoms with Gasteiger partial charge < -0.3 is 19.3 Å². The van der Waals surface area contributed by atoms with Gasteiger partial charge in [0, 0.05) is 19.3 Å². The highest BCUT2D eigenvalue weighted by atomic mass is 16.5. The van der Waals surface area contributed by atoms with Crippen LogP contribution < -0.4 is 10.1 Å². The quantitative estimate of drug-likeness (QED) is 0.598. The molecule has 0 aliphatic heterocycles. The first-order chi connectivity index (χ1) is 13.5. The Labute approximate surface area is 164 Å². The van der Waals surface area contributed by atoms with E-state index >= 15 is 0 Å². The van der Waals surface area contributed by atoms with Crippen LogP contribution in [0.4, 0.5) is 0 Å². The zero-order chi connectivity index (χ0) is 20.1. The number of aromatic nitrogens is 2. The number of hydrogen-bond donors (Lipinski definition) is 1. The highest BCUT2D eigenvalue weighted by molar-refractivity contribution is 6.06. The fourth-order valence-electron chi connectivity index (χ4n) is 2.85. The van der Waals surface area contributed by atoms with Gasteiger partial charge in [-0.25, -0.2) is 4.98 Å². The molecule has 0 fully saturated rings. The second kappa shape index (κ2) is 8.84. The summed E-state index contributed by atoms with van der Waals surface area (Å²) in [4.78, 5) is 17.4. The first kappa shape index (κ1) is 19.8. The van der Waals surface area contributed by atoms with Gasteiger partial charge in [0.25, 0.3) is 11.6 Å². The number of carbonyl (C=O) groups is 1. The molecule has 0 radical (unpaired) electrons. The van der Waals surface area contributed by atoms with E-state index in [1.165, 1.54) is 0 Å². The number of amides is 1. The van der Waals surface area contributed by atoms with E-state index in [2.05, 4.69) is 15.5 Å². The number of carbonyl (C=O) groups excluding carboxylic acids is 1. The summed E-state index contributed by atoms with van der Waals surface area (Å²) in [5.74, 6) is 0.723. The molecule has 0 bridgehead atoms. The molecule has 1 N–H and O–H groups in total. The van der Waals surface area contributed by atoms with Crippen LogP contribution in [0.5, 0.6) is 5.75 Å². The Kier molecular flexibility index (Phi) is 6.26. The van der Waals surface area contributed by atoms with Gasteiger partial charge >= 0.3 is 0 Å². The fourth-order valence-corrected chi connectivity index (χ4v) is 2.85. The molecule has 0 aliphatic rings. The number of pyridine rings is 1. The van der Waals surface area contributed by atoms with Crippen LogP contribution in [0.25, 0.3) is 11.1 Å². The number of methoxy groups -OCH3 is 1. The zero-order valence-corrected chi connectivity index (χ0v) is 16.6. The van der Waals surface area contributed by atoms with Gasteiger partial charge in [-0.15, -0.1) is 0 Å². The molecule has 0 aliphatic carbocycles. The Hall–Kier alpha value is -2.93. The molecule has 2 heterocycles. The highest BCUT2D eigenvalue weighted by Gasteiger charge is 2.19. The minimum absolute atomic E-state index is 0.169. The third kappa shape index (κ3) is 4.48. The number of hydrogen-bond acceptors (Lipinski definition) is 6. The lowest BCUT2D eigenvalue weighted by atomic mass is 10.0. The van der Waals surface area contributed by atoms with Crippen LogP contribution in [0.2, 0.25) is 0 Å². The van der Waals surface area contributed by atoms with Gasteiger partial charge in [-0.3, -0.25) is 4.79 Å².